The van der Waals surface area contributed by atoms with Gasteiger partial charge in [-0.15, -0.1) is 0 Å². The summed E-state index contributed by atoms with van der Waals surface area (Å²) in [5, 5.41) is 18.3. The molecule has 4 N–H and O–H groups in total. The van der Waals surface area contributed by atoms with Crippen molar-refractivity contribution in [1.29, 1.82) is 0 Å². The minimum atomic E-state index is -4.88. The molecule has 1 unspecified atom stereocenters. The molecule has 0 rings (SSSR count). The lowest BCUT2D eigenvalue weighted by Gasteiger charge is -2.27. The molecule has 0 spiro atoms. The van der Waals surface area contributed by atoms with Crippen LogP contribution >= 0.6 is 0 Å². The van der Waals surface area contributed by atoms with Crippen molar-refractivity contribution in [2.24, 2.45) is 5.90 Å². The van der Waals surface area contributed by atoms with E-state index in [2.05, 4.69) is 11.2 Å². The minimum Gasteiger partial charge on any atom is -0.481 e. The molecule has 0 aromatic heterocycles. The van der Waals surface area contributed by atoms with Crippen molar-refractivity contribution in [3.63, 3.8) is 0 Å². The van der Waals surface area contributed by atoms with Gasteiger partial charge in [0.05, 0.1) is 19.6 Å². The zero-order valence-corrected chi connectivity index (χ0v) is 23.9. The van der Waals surface area contributed by atoms with Gasteiger partial charge in [-0.25, -0.2) is 0 Å². The molecule has 0 aromatic carbocycles. The smallest absolute Gasteiger partial charge is 0.321 e. The third-order valence-electron chi connectivity index (χ3n) is 6.55. The van der Waals surface area contributed by atoms with E-state index in [1.54, 1.807) is 0 Å². The van der Waals surface area contributed by atoms with Crippen molar-refractivity contribution < 1.29 is 42.0 Å². The fourth-order valence-corrected chi connectivity index (χ4v) is 5.06. The van der Waals surface area contributed by atoms with Crippen LogP contribution in [0.2, 0.25) is 0 Å². The lowest BCUT2D eigenvalue weighted by molar-refractivity contribution is -0.146. The average Bonchev–Trinajstić information content (AvgIpc) is 2.89. The van der Waals surface area contributed by atoms with Crippen LogP contribution in [-0.4, -0.2) is 72.9 Å². The second kappa shape index (κ2) is 22.2. The summed E-state index contributed by atoms with van der Waals surface area (Å²) < 4.78 is 32.9. The van der Waals surface area contributed by atoms with Crippen molar-refractivity contribution in [3.8, 4) is 0 Å². The number of carbonyl (C=O) groups excluding carboxylic acids is 2. The number of nitrogens with two attached hydrogens (primary N) is 1. The monoisotopic (exact) mass is 566 g/mol. The number of aldehydes is 1. The van der Waals surface area contributed by atoms with Gasteiger partial charge in [0.15, 0.2) is 6.29 Å². The van der Waals surface area contributed by atoms with Gasteiger partial charge in [0.2, 0.25) is 5.91 Å². The predicted octanol–water partition coefficient (Wildman–Crippen LogP) is 3.68. The Hall–Kier alpha value is -1.60. The van der Waals surface area contributed by atoms with Crippen LogP contribution in [0.15, 0.2) is 0 Å². The number of carboxylic acid groups (broad SMARTS) is 1. The Balaban J connectivity index is 4.20. The fraction of sp³-hybridized carbons (Fsp3) is 0.885. The number of amides is 1. The van der Waals surface area contributed by atoms with E-state index >= 15 is 0 Å². The van der Waals surface area contributed by atoms with E-state index < -0.39 is 34.0 Å². The highest BCUT2D eigenvalue weighted by atomic mass is 32.2. The molecule has 11 nitrogen and oxygen atoms in total. The van der Waals surface area contributed by atoms with Crippen molar-refractivity contribution in [2.75, 3.05) is 26.3 Å². The third kappa shape index (κ3) is 15.7. The zero-order chi connectivity index (χ0) is 28.7. The highest BCUT2D eigenvalue weighted by Crippen LogP contribution is 2.23. The van der Waals surface area contributed by atoms with Gasteiger partial charge in [-0.2, -0.15) is 18.6 Å². The number of aliphatic hydroxyl groups excluding tert-OH is 1. The number of carbonyl (C=O) groups is 3. The number of hydrogen-bond acceptors (Lipinski definition) is 9. The zero-order valence-electron chi connectivity index (χ0n) is 23.1. The predicted molar refractivity (Wildman–Crippen MR) is 144 cm³/mol. The van der Waals surface area contributed by atoms with E-state index in [4.69, 9.17) is 15.7 Å². The van der Waals surface area contributed by atoms with Crippen LogP contribution < -0.4 is 5.90 Å². The summed E-state index contributed by atoms with van der Waals surface area (Å²) in [6.07, 6.45) is 17.0. The number of hydrogen-bond donors (Lipinski definition) is 3. The summed E-state index contributed by atoms with van der Waals surface area (Å²) in [4.78, 5) is 33.5. The van der Waals surface area contributed by atoms with Gasteiger partial charge in [0.25, 0.3) is 4.93 Å². The van der Waals surface area contributed by atoms with E-state index in [1.807, 2.05) is 0 Å². The Morgan fingerprint density at radius 2 is 1.34 bits per heavy atom. The molecule has 38 heavy (non-hydrogen) atoms. The maximum absolute atomic E-state index is 12.6. The number of rotatable bonds is 27. The topological polar surface area (TPSA) is 174 Å². The summed E-state index contributed by atoms with van der Waals surface area (Å²) >= 11 is 0. The maximum Gasteiger partial charge on any atom is 0.321 e. The van der Waals surface area contributed by atoms with E-state index in [0.717, 1.165) is 19.3 Å². The van der Waals surface area contributed by atoms with Gasteiger partial charge in [-0.1, -0.05) is 96.8 Å². The Morgan fingerprint density at radius 1 is 0.868 bits per heavy atom. The van der Waals surface area contributed by atoms with Gasteiger partial charge >= 0.3 is 16.1 Å². The number of aliphatic hydroxyl groups is 1. The molecule has 0 aliphatic rings. The lowest BCUT2D eigenvalue weighted by atomic mass is 10.0. The van der Waals surface area contributed by atoms with Crippen LogP contribution in [0.25, 0.3) is 0 Å². The second-order valence-electron chi connectivity index (χ2n) is 9.70. The molecule has 0 bridgehead atoms. The maximum atomic E-state index is 12.6. The molecule has 0 aliphatic carbocycles. The number of aliphatic carboxylic acids is 1. The molecule has 0 saturated carbocycles. The molecule has 0 aromatic rings. The molecule has 0 aliphatic heterocycles. The van der Waals surface area contributed by atoms with Gasteiger partial charge in [0, 0.05) is 19.5 Å². The molecular formula is C26H50N2O9S. The Bertz CT molecular complexity index is 749. The van der Waals surface area contributed by atoms with Crippen LogP contribution in [0.3, 0.4) is 0 Å². The summed E-state index contributed by atoms with van der Waals surface area (Å²) in [6.45, 7) is 1.30. The Kier molecular flexibility index (Phi) is 21.3. The molecule has 0 heterocycles. The van der Waals surface area contributed by atoms with E-state index in [0.29, 0.717) is 6.42 Å². The normalized spacial score (nSPS) is 13.2. The van der Waals surface area contributed by atoms with Crippen LogP contribution in [0.4, 0.5) is 0 Å². The van der Waals surface area contributed by atoms with Crippen molar-refractivity contribution in [3.05, 3.63) is 0 Å². The van der Waals surface area contributed by atoms with Crippen molar-refractivity contribution >= 4 is 28.3 Å². The first-order chi connectivity index (χ1) is 18.2. The third-order valence-corrected chi connectivity index (χ3v) is 8.01. The number of unbranched alkanes of at least 4 members (excludes halogenated alkanes) is 14. The highest BCUT2D eigenvalue weighted by molar-refractivity contribution is 7.88. The van der Waals surface area contributed by atoms with Crippen LogP contribution in [0.1, 0.15) is 116 Å². The summed E-state index contributed by atoms with van der Waals surface area (Å²) in [5.41, 5.74) is 0. The number of ether oxygens (including phenoxy) is 1. The minimum absolute atomic E-state index is 0.00586. The van der Waals surface area contributed by atoms with Gasteiger partial charge in [0.1, 0.15) is 0 Å². The molecule has 1 amide bonds. The molecule has 0 radical (unpaired) electrons. The fourth-order valence-electron chi connectivity index (χ4n) is 4.25. The molecular weight excluding hydrogens is 516 g/mol. The highest BCUT2D eigenvalue weighted by Gasteiger charge is 2.48. The van der Waals surface area contributed by atoms with Crippen LogP contribution in [0, 0.1) is 0 Å². The Morgan fingerprint density at radius 3 is 1.74 bits per heavy atom. The average molecular weight is 567 g/mol. The summed E-state index contributed by atoms with van der Waals surface area (Å²) in [6, 6.07) is 0. The SMILES string of the molecule is CCCCCCCCCCCCCCCCCC(=O)N(CCO)CCOC(C=O)(CC(=O)O)S(=O)(=O)ON. The molecule has 224 valence electrons. The lowest BCUT2D eigenvalue weighted by Crippen LogP contribution is -2.48. The van der Waals surface area contributed by atoms with Gasteiger partial charge < -0.3 is 19.8 Å². The van der Waals surface area contributed by atoms with Crippen molar-refractivity contribution in [2.45, 2.75) is 121 Å². The largest absolute Gasteiger partial charge is 0.481 e. The molecule has 0 saturated heterocycles. The molecule has 12 heteroatoms. The first-order valence-corrected chi connectivity index (χ1v) is 15.4. The van der Waals surface area contributed by atoms with Crippen LogP contribution in [-0.2, 0) is 33.5 Å². The van der Waals surface area contributed by atoms with Gasteiger partial charge in [-0.3, -0.25) is 14.4 Å². The molecule has 0 fully saturated rings. The summed E-state index contributed by atoms with van der Waals surface area (Å²) in [7, 11) is -4.88. The first-order valence-electron chi connectivity index (χ1n) is 14.0. The van der Waals surface area contributed by atoms with E-state index in [9.17, 15) is 27.9 Å². The first kappa shape index (κ1) is 36.4. The molecule has 1 atom stereocenters. The number of carboxylic acids is 1. The quantitative estimate of drug-likeness (QED) is 0.0756. The second-order valence-corrected chi connectivity index (χ2v) is 11.5. The van der Waals surface area contributed by atoms with E-state index in [1.165, 1.54) is 75.5 Å². The van der Waals surface area contributed by atoms with Crippen molar-refractivity contribution in [1.82, 2.24) is 4.90 Å². The van der Waals surface area contributed by atoms with Crippen LogP contribution in [0.5, 0.6) is 0 Å². The summed E-state index contributed by atoms with van der Waals surface area (Å²) in [5.74, 6) is 2.84. The van der Waals surface area contributed by atoms with E-state index in [-0.39, 0.29) is 38.3 Å². The Labute approximate surface area is 228 Å². The standard InChI is InChI=1S/C26H50N2O9S/c1-2-3-4-5-6-7-8-9-10-11-12-13-14-15-16-17-24(31)28(18-20-29)19-21-36-26(23-30,22-25(32)33)38(34,35)37-27/h23,29H,2-22,27H2,1H3,(H,32,33). The number of nitrogens with zero attached hydrogens (tertiary/aromatic N) is 1. The van der Waals surface area contributed by atoms with Gasteiger partial charge in [-0.05, 0) is 6.42 Å².